The minimum absolute atomic E-state index is 0.197. The van der Waals surface area contributed by atoms with E-state index in [0.29, 0.717) is 0 Å². The molecule has 0 spiro atoms. The van der Waals surface area contributed by atoms with Crippen LogP contribution in [0.25, 0.3) is 0 Å². The molecule has 0 aromatic carbocycles. The molecule has 3 heteroatoms. The SMILES string of the molecule is CN1CCCc2nc(C(C)(C)C)sc21. The molecular formula is C11H18N2S. The Bertz CT molecular complexity index is 336. The maximum absolute atomic E-state index is 4.75. The number of rotatable bonds is 0. The van der Waals surface area contributed by atoms with Crippen molar-refractivity contribution in [3.05, 3.63) is 10.7 Å². The highest BCUT2D eigenvalue weighted by atomic mass is 32.1. The summed E-state index contributed by atoms with van der Waals surface area (Å²) in [6, 6.07) is 0. The molecule has 2 heterocycles. The molecule has 14 heavy (non-hydrogen) atoms. The van der Waals surface area contributed by atoms with Gasteiger partial charge in [0.1, 0.15) is 10.0 Å². The predicted octanol–water partition coefficient (Wildman–Crippen LogP) is 2.82. The number of thiazole rings is 1. The lowest BCUT2D eigenvalue weighted by molar-refractivity contribution is 0.581. The zero-order valence-corrected chi connectivity index (χ0v) is 10.2. The Balaban J connectivity index is 2.40. The van der Waals surface area contributed by atoms with Gasteiger partial charge in [-0.25, -0.2) is 4.98 Å². The Labute approximate surface area is 90.0 Å². The standard InChI is InChI=1S/C11H18N2S/c1-11(2,3)10-12-8-6-5-7-13(4)9(8)14-10/h5-7H2,1-4H3. The molecule has 0 aliphatic carbocycles. The number of hydrogen-bond acceptors (Lipinski definition) is 3. The zero-order valence-electron chi connectivity index (χ0n) is 9.42. The fraction of sp³-hybridized carbons (Fsp3) is 0.727. The average molecular weight is 210 g/mol. The quantitative estimate of drug-likeness (QED) is 0.654. The van der Waals surface area contributed by atoms with Crippen LogP contribution in [0.1, 0.15) is 37.9 Å². The molecule has 1 aliphatic rings. The smallest absolute Gasteiger partial charge is 0.114 e. The van der Waals surface area contributed by atoms with Crippen LogP contribution >= 0.6 is 11.3 Å². The van der Waals surface area contributed by atoms with Crippen LogP contribution in [0.4, 0.5) is 5.00 Å². The molecule has 0 unspecified atom stereocenters. The van der Waals surface area contributed by atoms with Gasteiger partial charge in [-0.2, -0.15) is 0 Å². The maximum atomic E-state index is 4.75. The molecule has 0 atom stereocenters. The van der Waals surface area contributed by atoms with E-state index in [2.05, 4.69) is 32.7 Å². The monoisotopic (exact) mass is 210 g/mol. The van der Waals surface area contributed by atoms with Gasteiger partial charge in [0.15, 0.2) is 0 Å². The lowest BCUT2D eigenvalue weighted by Gasteiger charge is -2.22. The van der Waals surface area contributed by atoms with E-state index in [1.807, 2.05) is 11.3 Å². The van der Waals surface area contributed by atoms with Gasteiger partial charge in [0.2, 0.25) is 0 Å². The van der Waals surface area contributed by atoms with E-state index in [-0.39, 0.29) is 5.41 Å². The normalized spacial score (nSPS) is 17.0. The summed E-state index contributed by atoms with van der Waals surface area (Å²) in [5.74, 6) is 0. The Morgan fingerprint density at radius 1 is 1.36 bits per heavy atom. The van der Waals surface area contributed by atoms with Gasteiger partial charge >= 0.3 is 0 Å². The van der Waals surface area contributed by atoms with Gasteiger partial charge in [-0.15, -0.1) is 11.3 Å². The Kier molecular flexibility index (Phi) is 2.30. The summed E-state index contributed by atoms with van der Waals surface area (Å²) in [5, 5.41) is 2.66. The average Bonchev–Trinajstić information content (AvgIpc) is 2.48. The minimum atomic E-state index is 0.197. The summed E-state index contributed by atoms with van der Waals surface area (Å²) >= 11 is 1.87. The van der Waals surface area contributed by atoms with Crippen molar-refractivity contribution in [2.24, 2.45) is 0 Å². The molecule has 0 bridgehead atoms. The molecule has 0 radical (unpaired) electrons. The van der Waals surface area contributed by atoms with Crippen molar-refractivity contribution in [3.63, 3.8) is 0 Å². The van der Waals surface area contributed by atoms with Crippen molar-refractivity contribution < 1.29 is 0 Å². The van der Waals surface area contributed by atoms with E-state index in [1.165, 1.54) is 28.7 Å². The Morgan fingerprint density at radius 3 is 2.64 bits per heavy atom. The first-order valence-corrected chi connectivity index (χ1v) is 6.01. The van der Waals surface area contributed by atoms with Gasteiger partial charge < -0.3 is 4.90 Å². The molecule has 0 saturated carbocycles. The summed E-state index contributed by atoms with van der Waals surface area (Å²) in [4.78, 5) is 7.09. The van der Waals surface area contributed by atoms with Crippen LogP contribution in [0.2, 0.25) is 0 Å². The van der Waals surface area contributed by atoms with Crippen LogP contribution in [-0.4, -0.2) is 18.6 Å². The van der Waals surface area contributed by atoms with Gasteiger partial charge in [0, 0.05) is 19.0 Å². The first kappa shape index (κ1) is 9.97. The molecule has 2 nitrogen and oxygen atoms in total. The summed E-state index contributed by atoms with van der Waals surface area (Å²) < 4.78 is 0. The third-order valence-corrected chi connectivity index (χ3v) is 4.21. The second-order valence-electron chi connectivity index (χ2n) is 5.05. The van der Waals surface area contributed by atoms with Crippen LogP contribution in [-0.2, 0) is 11.8 Å². The highest BCUT2D eigenvalue weighted by Gasteiger charge is 2.24. The largest absolute Gasteiger partial charge is 0.365 e. The summed E-state index contributed by atoms with van der Waals surface area (Å²) in [7, 11) is 2.17. The summed E-state index contributed by atoms with van der Waals surface area (Å²) in [5.41, 5.74) is 1.51. The number of fused-ring (bicyclic) bond motifs is 1. The fourth-order valence-corrected chi connectivity index (χ4v) is 2.87. The van der Waals surface area contributed by atoms with Crippen molar-refractivity contribution in [2.45, 2.75) is 39.0 Å². The van der Waals surface area contributed by atoms with Crippen LogP contribution < -0.4 is 4.90 Å². The Hall–Kier alpha value is -0.570. The van der Waals surface area contributed by atoms with Crippen molar-refractivity contribution >= 4 is 16.3 Å². The van der Waals surface area contributed by atoms with Gasteiger partial charge in [0.05, 0.1) is 5.69 Å². The number of nitrogens with zero attached hydrogens (tertiary/aromatic N) is 2. The van der Waals surface area contributed by atoms with E-state index >= 15 is 0 Å². The highest BCUT2D eigenvalue weighted by Crippen LogP contribution is 2.37. The van der Waals surface area contributed by atoms with Gasteiger partial charge in [-0.1, -0.05) is 20.8 Å². The van der Waals surface area contributed by atoms with Gasteiger partial charge in [-0.3, -0.25) is 0 Å². The van der Waals surface area contributed by atoms with Crippen molar-refractivity contribution in [1.82, 2.24) is 4.98 Å². The molecule has 0 amide bonds. The molecule has 0 fully saturated rings. The number of anilines is 1. The third kappa shape index (κ3) is 1.65. The van der Waals surface area contributed by atoms with E-state index in [4.69, 9.17) is 4.98 Å². The number of aromatic nitrogens is 1. The topological polar surface area (TPSA) is 16.1 Å². The second-order valence-corrected chi connectivity index (χ2v) is 6.02. The first-order chi connectivity index (χ1) is 6.48. The summed E-state index contributed by atoms with van der Waals surface area (Å²) in [6.45, 7) is 7.88. The molecule has 78 valence electrons. The lowest BCUT2D eigenvalue weighted by atomic mass is 9.98. The zero-order chi connectivity index (χ0) is 10.3. The first-order valence-electron chi connectivity index (χ1n) is 5.20. The van der Waals surface area contributed by atoms with Crippen molar-refractivity contribution in [2.75, 3.05) is 18.5 Å². The van der Waals surface area contributed by atoms with Crippen LogP contribution in [0.5, 0.6) is 0 Å². The number of hydrogen-bond donors (Lipinski definition) is 0. The fourth-order valence-electron chi connectivity index (χ4n) is 1.71. The highest BCUT2D eigenvalue weighted by molar-refractivity contribution is 7.16. The van der Waals surface area contributed by atoms with E-state index in [1.54, 1.807) is 0 Å². The van der Waals surface area contributed by atoms with Gasteiger partial charge in [-0.05, 0) is 12.8 Å². The molecule has 0 saturated heterocycles. The molecule has 1 aliphatic heterocycles. The molecule has 1 aromatic heterocycles. The van der Waals surface area contributed by atoms with E-state index in [9.17, 15) is 0 Å². The summed E-state index contributed by atoms with van der Waals surface area (Å²) in [6.07, 6.45) is 2.41. The molecular weight excluding hydrogens is 192 g/mol. The predicted molar refractivity (Wildman–Crippen MR) is 62.4 cm³/mol. The Morgan fingerprint density at radius 2 is 2.07 bits per heavy atom. The minimum Gasteiger partial charge on any atom is -0.365 e. The molecule has 2 rings (SSSR count). The van der Waals surface area contributed by atoms with Crippen molar-refractivity contribution in [1.29, 1.82) is 0 Å². The second kappa shape index (κ2) is 3.23. The van der Waals surface area contributed by atoms with Gasteiger partial charge in [0.25, 0.3) is 0 Å². The maximum Gasteiger partial charge on any atom is 0.114 e. The van der Waals surface area contributed by atoms with Crippen molar-refractivity contribution in [3.8, 4) is 0 Å². The van der Waals surface area contributed by atoms with Crippen LogP contribution in [0, 0.1) is 0 Å². The molecule has 1 aromatic rings. The van der Waals surface area contributed by atoms with E-state index < -0.39 is 0 Å². The van der Waals surface area contributed by atoms with E-state index in [0.717, 1.165) is 6.42 Å². The number of aryl methyl sites for hydroxylation is 1. The lowest BCUT2D eigenvalue weighted by Crippen LogP contribution is -2.23. The molecule has 0 N–H and O–H groups in total. The van der Waals surface area contributed by atoms with Crippen LogP contribution in [0.15, 0.2) is 0 Å². The van der Waals surface area contributed by atoms with Crippen LogP contribution in [0.3, 0.4) is 0 Å². The third-order valence-electron chi connectivity index (χ3n) is 2.57.